The van der Waals surface area contributed by atoms with E-state index in [-0.39, 0.29) is 23.8 Å². The molecule has 0 radical (unpaired) electrons. The zero-order valence-corrected chi connectivity index (χ0v) is 9.02. The topological polar surface area (TPSA) is 50.1 Å². The van der Waals surface area contributed by atoms with Crippen molar-refractivity contribution >= 4 is 11.6 Å². The summed E-state index contributed by atoms with van der Waals surface area (Å²) in [6.07, 6.45) is -4.62. The van der Waals surface area contributed by atoms with Gasteiger partial charge in [-0.25, -0.2) is 0 Å². The molecule has 0 aliphatic carbocycles. The Labute approximate surface area is 94.0 Å². The summed E-state index contributed by atoms with van der Waals surface area (Å²) < 4.78 is 38.9. The van der Waals surface area contributed by atoms with E-state index in [0.29, 0.717) is 0 Å². The molecule has 0 bridgehead atoms. The van der Waals surface area contributed by atoms with E-state index in [1.165, 1.54) is 7.05 Å². The zero-order chi connectivity index (χ0) is 12.1. The molecule has 1 saturated heterocycles. The Morgan fingerprint density at radius 1 is 1.50 bits per heavy atom. The van der Waals surface area contributed by atoms with Gasteiger partial charge in [0.05, 0.1) is 5.56 Å². The first-order chi connectivity index (χ1) is 7.26. The first-order valence-electron chi connectivity index (χ1n) is 4.49. The molecule has 1 fully saturated rings. The van der Waals surface area contributed by atoms with Crippen LogP contribution in [0.4, 0.5) is 13.2 Å². The van der Waals surface area contributed by atoms with Crippen LogP contribution in [0.1, 0.15) is 11.3 Å². The van der Waals surface area contributed by atoms with Crippen molar-refractivity contribution in [3.8, 4) is 0 Å². The number of aromatic nitrogens is 2. The van der Waals surface area contributed by atoms with Gasteiger partial charge in [-0.05, 0) is 0 Å². The minimum atomic E-state index is -4.62. The Hall–Kier alpha value is -0.790. The normalized spacial score (nSPS) is 19.6. The molecule has 1 aromatic rings. The van der Waals surface area contributed by atoms with Crippen LogP contribution in [0.5, 0.6) is 0 Å². The molecule has 2 N–H and O–H groups in total. The maximum atomic E-state index is 12.7. The summed E-state index contributed by atoms with van der Waals surface area (Å²) in [7, 11) is 1.30. The molecule has 0 amide bonds. The maximum Gasteiger partial charge on any atom is 0.435 e. The summed E-state index contributed by atoms with van der Waals surface area (Å²) in [5.74, 6) is 0. The van der Waals surface area contributed by atoms with Crippen LogP contribution in [0.15, 0.2) is 0 Å². The highest BCUT2D eigenvalue weighted by Crippen LogP contribution is 2.41. The standard InChI is InChI=1S/C8H9ClF3N3O/c1-15-6(9)4(7(16)2-13-3-7)5(14-15)8(10,11)12/h13,16H,2-3H2,1H3. The minimum Gasteiger partial charge on any atom is -0.382 e. The van der Waals surface area contributed by atoms with Gasteiger partial charge in [-0.3, -0.25) is 4.68 Å². The van der Waals surface area contributed by atoms with Gasteiger partial charge in [-0.2, -0.15) is 18.3 Å². The van der Waals surface area contributed by atoms with E-state index in [4.69, 9.17) is 11.6 Å². The average Bonchev–Trinajstić information content (AvgIpc) is 2.40. The van der Waals surface area contributed by atoms with E-state index < -0.39 is 17.5 Å². The quantitative estimate of drug-likeness (QED) is 0.783. The molecule has 16 heavy (non-hydrogen) atoms. The summed E-state index contributed by atoms with van der Waals surface area (Å²) >= 11 is 5.73. The molecule has 2 rings (SSSR count). The fourth-order valence-corrected chi connectivity index (χ4v) is 1.96. The lowest BCUT2D eigenvalue weighted by atomic mass is 9.88. The number of aliphatic hydroxyl groups is 1. The van der Waals surface area contributed by atoms with Crippen molar-refractivity contribution in [2.45, 2.75) is 11.8 Å². The van der Waals surface area contributed by atoms with Crippen molar-refractivity contribution < 1.29 is 18.3 Å². The lowest BCUT2D eigenvalue weighted by molar-refractivity contribution is -0.145. The van der Waals surface area contributed by atoms with E-state index in [2.05, 4.69) is 10.4 Å². The average molecular weight is 256 g/mol. The highest BCUT2D eigenvalue weighted by molar-refractivity contribution is 6.30. The van der Waals surface area contributed by atoms with Crippen LogP contribution in [0.25, 0.3) is 0 Å². The molecule has 8 heteroatoms. The van der Waals surface area contributed by atoms with Crippen molar-refractivity contribution in [1.82, 2.24) is 15.1 Å². The van der Waals surface area contributed by atoms with Gasteiger partial charge in [0.1, 0.15) is 10.8 Å². The fourth-order valence-electron chi connectivity index (χ4n) is 1.65. The summed E-state index contributed by atoms with van der Waals surface area (Å²) in [4.78, 5) is 0. The van der Waals surface area contributed by atoms with Gasteiger partial charge < -0.3 is 10.4 Å². The monoisotopic (exact) mass is 255 g/mol. The minimum absolute atomic E-state index is 0.0431. The molecular weight excluding hydrogens is 247 g/mol. The van der Waals surface area contributed by atoms with Gasteiger partial charge >= 0.3 is 6.18 Å². The van der Waals surface area contributed by atoms with Crippen LogP contribution < -0.4 is 5.32 Å². The molecule has 0 atom stereocenters. The molecule has 0 unspecified atom stereocenters. The first-order valence-corrected chi connectivity index (χ1v) is 4.87. The third kappa shape index (κ3) is 1.59. The van der Waals surface area contributed by atoms with Crippen molar-refractivity contribution in [3.63, 3.8) is 0 Å². The van der Waals surface area contributed by atoms with Crippen LogP contribution in [0.3, 0.4) is 0 Å². The Kier molecular flexibility index (Phi) is 2.45. The van der Waals surface area contributed by atoms with Crippen LogP contribution >= 0.6 is 11.6 Å². The number of β-amino-alcohol motifs (C(OH)–C–C–N with tert-alkyl or cyclic N) is 1. The number of nitrogens with one attached hydrogen (secondary N) is 1. The van der Waals surface area contributed by atoms with Crippen LogP contribution in [0, 0.1) is 0 Å². The van der Waals surface area contributed by atoms with Crippen LogP contribution in [0.2, 0.25) is 5.15 Å². The van der Waals surface area contributed by atoms with Crippen LogP contribution in [-0.2, 0) is 18.8 Å². The summed E-state index contributed by atoms with van der Waals surface area (Å²) in [5, 5.41) is 15.7. The lowest BCUT2D eigenvalue weighted by Crippen LogP contribution is -2.57. The maximum absolute atomic E-state index is 12.7. The number of nitrogens with zero attached hydrogens (tertiary/aromatic N) is 2. The van der Waals surface area contributed by atoms with E-state index in [9.17, 15) is 18.3 Å². The van der Waals surface area contributed by atoms with Crippen molar-refractivity contribution in [1.29, 1.82) is 0 Å². The molecule has 0 saturated carbocycles. The molecule has 1 aromatic heterocycles. The SMILES string of the molecule is Cn1nc(C(F)(F)F)c(C2(O)CNC2)c1Cl. The van der Waals surface area contributed by atoms with Gasteiger partial charge in [0.2, 0.25) is 0 Å². The summed E-state index contributed by atoms with van der Waals surface area (Å²) in [6.45, 7) is 0.0863. The van der Waals surface area contributed by atoms with Crippen molar-refractivity contribution in [2.75, 3.05) is 13.1 Å². The van der Waals surface area contributed by atoms with E-state index in [1.54, 1.807) is 0 Å². The zero-order valence-electron chi connectivity index (χ0n) is 8.27. The lowest BCUT2D eigenvalue weighted by Gasteiger charge is -2.37. The number of hydrogen-bond donors (Lipinski definition) is 2. The Bertz CT molecular complexity index is 425. The van der Waals surface area contributed by atoms with E-state index in [1.807, 2.05) is 0 Å². The molecule has 1 aliphatic heterocycles. The van der Waals surface area contributed by atoms with E-state index in [0.717, 1.165) is 4.68 Å². The molecule has 0 spiro atoms. The number of rotatable bonds is 1. The molecule has 0 aromatic carbocycles. The molecule has 90 valence electrons. The Morgan fingerprint density at radius 2 is 2.06 bits per heavy atom. The number of halogens is 4. The Balaban J connectivity index is 2.58. The molecule has 4 nitrogen and oxygen atoms in total. The van der Waals surface area contributed by atoms with Crippen LogP contribution in [-0.4, -0.2) is 28.0 Å². The Morgan fingerprint density at radius 3 is 2.44 bits per heavy atom. The third-order valence-electron chi connectivity index (χ3n) is 2.55. The van der Waals surface area contributed by atoms with Gasteiger partial charge in [0.15, 0.2) is 5.69 Å². The van der Waals surface area contributed by atoms with Gasteiger partial charge in [-0.1, -0.05) is 11.6 Å². The number of hydrogen-bond acceptors (Lipinski definition) is 3. The molecule has 1 aliphatic rings. The predicted molar refractivity (Wildman–Crippen MR) is 50.0 cm³/mol. The largest absolute Gasteiger partial charge is 0.435 e. The fraction of sp³-hybridized carbons (Fsp3) is 0.625. The number of aryl methyl sites for hydroxylation is 1. The molecular formula is C8H9ClF3N3O. The smallest absolute Gasteiger partial charge is 0.382 e. The first kappa shape index (κ1) is 11.7. The summed E-state index contributed by atoms with van der Waals surface area (Å²) in [5.41, 5.74) is -3.04. The van der Waals surface area contributed by atoms with Gasteiger partial charge in [0.25, 0.3) is 0 Å². The second-order valence-corrected chi connectivity index (χ2v) is 4.13. The van der Waals surface area contributed by atoms with E-state index >= 15 is 0 Å². The summed E-state index contributed by atoms with van der Waals surface area (Å²) in [6, 6.07) is 0. The van der Waals surface area contributed by atoms with Crippen molar-refractivity contribution in [3.05, 3.63) is 16.4 Å². The van der Waals surface area contributed by atoms with Gasteiger partial charge in [0, 0.05) is 20.1 Å². The molecule has 2 heterocycles. The second-order valence-electron chi connectivity index (χ2n) is 3.77. The predicted octanol–water partition coefficient (Wildman–Crippen LogP) is 0.883. The highest BCUT2D eigenvalue weighted by atomic mass is 35.5. The van der Waals surface area contributed by atoms with Crippen molar-refractivity contribution in [2.24, 2.45) is 7.05 Å². The second kappa shape index (κ2) is 3.35. The van der Waals surface area contributed by atoms with Gasteiger partial charge in [-0.15, -0.1) is 0 Å². The third-order valence-corrected chi connectivity index (χ3v) is 2.98. The highest BCUT2D eigenvalue weighted by Gasteiger charge is 2.48. The number of alkyl halides is 3.